The molecule has 2 heteroatoms. The summed E-state index contributed by atoms with van der Waals surface area (Å²) in [5.41, 5.74) is 0. The van der Waals surface area contributed by atoms with E-state index in [1.807, 2.05) is 0 Å². The zero-order chi connectivity index (χ0) is 4.28. The van der Waals surface area contributed by atoms with E-state index < -0.39 is 18.1 Å². The second-order valence-electron chi connectivity index (χ2n) is 1.20. The van der Waals surface area contributed by atoms with E-state index >= 15 is 0 Å². The molecule has 0 aromatic carbocycles. The first-order valence-electron chi connectivity index (χ1n) is 1.85. The third-order valence-electron chi connectivity index (χ3n) is 0.558. The molecule has 0 rings (SSSR count). The first-order chi connectivity index (χ1) is 2.27. The molecule has 0 heterocycles. The summed E-state index contributed by atoms with van der Waals surface area (Å²) in [4.78, 5) is 0. The van der Waals surface area contributed by atoms with Gasteiger partial charge >= 0.3 is 39.2 Å². The van der Waals surface area contributed by atoms with Crippen molar-refractivity contribution in [3.05, 3.63) is 0 Å². The monoisotopic (exact) mass is 108 g/mol. The molecule has 0 spiro atoms. The van der Waals surface area contributed by atoms with Crippen LogP contribution in [0.1, 0.15) is 6.92 Å². The van der Waals surface area contributed by atoms with Crippen molar-refractivity contribution in [1.29, 1.82) is 0 Å². The van der Waals surface area contributed by atoms with Crippen LogP contribution in [-0.2, 0) is 18.1 Å². The van der Waals surface area contributed by atoms with Crippen LogP contribution in [0.2, 0.25) is 9.95 Å². The summed E-state index contributed by atoms with van der Waals surface area (Å²) in [5.74, 6) is 0. The van der Waals surface area contributed by atoms with Gasteiger partial charge in [-0.1, -0.05) is 0 Å². The van der Waals surface area contributed by atoms with Crippen molar-refractivity contribution in [2.75, 3.05) is 0 Å². The maximum atomic E-state index is 5.46. The summed E-state index contributed by atoms with van der Waals surface area (Å²) in [7, 11) is 0. The van der Waals surface area contributed by atoms with E-state index in [0.29, 0.717) is 0 Å². The Balaban J connectivity index is 2.54. The number of hydrogen-bond acceptors (Lipinski definition) is 1. The molecule has 0 radical (unpaired) electrons. The fraction of sp³-hybridized carbons (Fsp3) is 1.00. The van der Waals surface area contributed by atoms with Crippen LogP contribution >= 0.6 is 0 Å². The second kappa shape index (κ2) is 2.89. The van der Waals surface area contributed by atoms with Crippen molar-refractivity contribution in [1.82, 2.24) is 0 Å². The van der Waals surface area contributed by atoms with Gasteiger partial charge in [-0.25, -0.2) is 0 Å². The topological polar surface area (TPSA) is 26.0 Å². The molecular weight excluding hydrogens is 97.9 g/mol. The van der Waals surface area contributed by atoms with Crippen LogP contribution in [0.3, 0.4) is 0 Å². The third kappa shape index (κ3) is 4.67. The molecule has 0 saturated carbocycles. The molecule has 0 aliphatic rings. The van der Waals surface area contributed by atoms with E-state index in [1.165, 1.54) is 4.73 Å². The van der Waals surface area contributed by atoms with Crippen LogP contribution in [0, 0.1) is 0 Å². The Morgan fingerprint density at radius 1 is 1.80 bits per heavy atom. The van der Waals surface area contributed by atoms with Gasteiger partial charge in [0.05, 0.1) is 0 Å². The molecule has 0 unspecified atom stereocenters. The van der Waals surface area contributed by atoms with E-state index in [-0.39, 0.29) is 0 Å². The van der Waals surface area contributed by atoms with Crippen molar-refractivity contribution < 1.29 is 18.1 Å². The second-order valence-corrected chi connectivity index (χ2v) is 4.95. The van der Waals surface area contributed by atoms with E-state index in [9.17, 15) is 0 Å². The van der Waals surface area contributed by atoms with Crippen molar-refractivity contribution >= 4 is 0 Å². The Kier molecular flexibility index (Phi) is 3.28. The van der Waals surface area contributed by atoms with Gasteiger partial charge in [-0.3, -0.25) is 0 Å². The minimum atomic E-state index is -0.856. The van der Waals surface area contributed by atoms with Gasteiger partial charge in [0.15, 0.2) is 0 Å². The third-order valence-corrected chi connectivity index (χ3v) is 2.30. The normalized spacial score (nSPS) is 7.80. The summed E-state index contributed by atoms with van der Waals surface area (Å²) in [6, 6.07) is 0. The van der Waals surface area contributed by atoms with Crippen LogP contribution in [0.15, 0.2) is 0 Å². The Morgan fingerprint density at radius 3 is 2.00 bits per heavy atom. The van der Waals surface area contributed by atoms with Gasteiger partial charge in [-0.05, 0) is 0 Å². The summed E-state index contributed by atoms with van der Waals surface area (Å²) in [5, 5.41) is 2.17. The Bertz CT molecular complexity index is 20.9. The Labute approximate surface area is 39.7 Å². The molecule has 0 amide bonds. The van der Waals surface area contributed by atoms with Gasteiger partial charge in [0.25, 0.3) is 0 Å². The molecule has 0 saturated heterocycles. The molecule has 5 heavy (non-hydrogen) atoms. The molecule has 0 bridgehead atoms. The van der Waals surface area contributed by atoms with Crippen LogP contribution in [0.4, 0.5) is 0 Å². The Morgan fingerprint density at radius 2 is 2.00 bits per heavy atom. The van der Waals surface area contributed by atoms with Gasteiger partial charge in [0, 0.05) is 0 Å². The maximum absolute atomic E-state index is 5.46. The fourth-order valence-corrected chi connectivity index (χ4v) is 0. The molecule has 0 aromatic heterocycles. The average Bonchev–Trinajstić information content (AvgIpc) is 1.38. The summed E-state index contributed by atoms with van der Waals surface area (Å²) >= 11 is -0.856. The Hall–Kier alpha value is 0.674. The molecule has 0 aromatic rings. The molecule has 0 aliphatic heterocycles. The molecule has 0 fully saturated rings. The van der Waals surface area contributed by atoms with Crippen molar-refractivity contribution in [2.45, 2.75) is 16.9 Å². The first-order valence-corrected chi connectivity index (χ1v) is 5.42. The summed E-state index contributed by atoms with van der Waals surface area (Å²) < 4.78 is 6.71. The summed E-state index contributed by atoms with van der Waals surface area (Å²) in [6.45, 7) is 2.15. The van der Waals surface area contributed by atoms with Crippen LogP contribution in [0.5, 0.6) is 0 Å². The van der Waals surface area contributed by atoms with E-state index in [2.05, 4.69) is 12.2 Å². The van der Waals surface area contributed by atoms with E-state index in [1.54, 1.807) is 0 Å². The zero-order valence-corrected chi connectivity index (χ0v) is 5.35. The molecule has 31 valence electrons. The number of rotatable bonds is 1. The van der Waals surface area contributed by atoms with Crippen LogP contribution in [0.25, 0.3) is 0 Å². The predicted molar refractivity (Wildman–Crippen MR) is 20.5 cm³/mol. The molecule has 2 N–H and O–H groups in total. The van der Waals surface area contributed by atoms with Crippen molar-refractivity contribution in [3.63, 3.8) is 0 Å². The summed E-state index contributed by atoms with van der Waals surface area (Å²) in [6.07, 6.45) is 0. The van der Waals surface area contributed by atoms with Gasteiger partial charge in [0.1, 0.15) is 0 Å². The van der Waals surface area contributed by atoms with E-state index in [4.69, 9.17) is 4.22 Å². The minimum absolute atomic E-state index is 0.856. The molecule has 0 aliphatic carbocycles. The molecular formula is C3H10NTi. The van der Waals surface area contributed by atoms with Crippen LogP contribution < -0.4 is 4.22 Å². The standard InChI is InChI=1S/C2H5.CH3.H2N.Ti/c1-2;;;/h1H2,2H3;1H3;1H2;/q;;-1;+1. The predicted octanol–water partition coefficient (Wildman–Crippen LogP) is 0.965. The van der Waals surface area contributed by atoms with Gasteiger partial charge in [-0.2, -0.15) is 0 Å². The van der Waals surface area contributed by atoms with Gasteiger partial charge in [0.2, 0.25) is 0 Å². The van der Waals surface area contributed by atoms with E-state index in [0.717, 1.165) is 0 Å². The van der Waals surface area contributed by atoms with Gasteiger partial charge < -0.3 is 0 Å². The number of hydrogen-bond donors (Lipinski definition) is 1. The first kappa shape index (κ1) is 5.67. The van der Waals surface area contributed by atoms with Crippen molar-refractivity contribution in [2.24, 2.45) is 4.22 Å². The average molecular weight is 108 g/mol. The quantitative estimate of drug-likeness (QED) is 0.497. The number of nitrogens with two attached hydrogens (primary N) is 1. The van der Waals surface area contributed by atoms with Gasteiger partial charge in [-0.15, -0.1) is 0 Å². The zero-order valence-electron chi connectivity index (χ0n) is 3.78. The SMILES string of the molecule is C[CH2][Ti]([CH3])[NH2]. The molecule has 0 atom stereocenters. The fourth-order valence-electron chi connectivity index (χ4n) is 0. The van der Waals surface area contributed by atoms with Crippen molar-refractivity contribution in [3.8, 4) is 0 Å². The molecule has 1 nitrogen and oxygen atoms in total. The van der Waals surface area contributed by atoms with Crippen LogP contribution in [-0.4, -0.2) is 0 Å².